The first-order valence-corrected chi connectivity index (χ1v) is 12.2. The Kier molecular flexibility index (Phi) is 6.24. The topological polar surface area (TPSA) is 64.1 Å². The molecule has 172 valence electrons. The van der Waals surface area contributed by atoms with Crippen molar-refractivity contribution < 1.29 is 14.7 Å². The predicted molar refractivity (Wildman–Crippen MR) is 139 cm³/mol. The number of fused-ring (bicyclic) bond motifs is 1. The Labute approximate surface area is 212 Å². The molecule has 0 radical (unpaired) electrons. The van der Waals surface area contributed by atoms with Crippen LogP contribution in [-0.4, -0.2) is 46.0 Å². The first kappa shape index (κ1) is 22.8. The lowest BCUT2D eigenvalue weighted by Gasteiger charge is -2.47. The minimum atomic E-state index is -0.919. The Morgan fingerprint density at radius 1 is 0.824 bits per heavy atom. The number of aliphatic hydroxyl groups is 1. The Morgan fingerprint density at radius 2 is 1.38 bits per heavy atom. The Hall–Kier alpha value is -3.01. The third kappa shape index (κ3) is 3.93. The zero-order valence-electron chi connectivity index (χ0n) is 18.5. The number of amides is 2. The second kappa shape index (κ2) is 9.32. The van der Waals surface area contributed by atoms with Crippen molar-refractivity contribution in [3.8, 4) is 0 Å². The molecular formula is C27H24IN3O3. The van der Waals surface area contributed by atoms with E-state index in [1.54, 1.807) is 6.08 Å². The number of hydrazine groups is 1. The van der Waals surface area contributed by atoms with E-state index in [1.165, 1.54) is 11.9 Å². The molecule has 0 bridgehead atoms. The van der Waals surface area contributed by atoms with Gasteiger partial charge in [-0.15, -0.1) is 0 Å². The maximum Gasteiger partial charge on any atom is 0.249 e. The smallest absolute Gasteiger partial charge is 0.249 e. The monoisotopic (exact) mass is 565 g/mol. The lowest BCUT2D eigenvalue weighted by Crippen LogP contribution is -2.59. The van der Waals surface area contributed by atoms with Gasteiger partial charge in [0.1, 0.15) is 6.04 Å². The number of benzene rings is 3. The molecule has 3 aromatic rings. The van der Waals surface area contributed by atoms with Gasteiger partial charge in [0.25, 0.3) is 0 Å². The van der Waals surface area contributed by atoms with Crippen LogP contribution < -0.4 is 5.01 Å². The minimum absolute atomic E-state index is 0.237. The van der Waals surface area contributed by atoms with Crippen LogP contribution in [-0.2, 0) is 9.59 Å². The fourth-order valence-corrected chi connectivity index (χ4v) is 5.07. The molecule has 3 aromatic carbocycles. The average molecular weight is 565 g/mol. The van der Waals surface area contributed by atoms with Gasteiger partial charge in [0, 0.05) is 10.6 Å². The van der Waals surface area contributed by atoms with Gasteiger partial charge in [-0.05, 0) is 64.6 Å². The molecule has 5 rings (SSSR count). The van der Waals surface area contributed by atoms with E-state index >= 15 is 0 Å². The van der Waals surface area contributed by atoms with E-state index in [4.69, 9.17) is 0 Å². The van der Waals surface area contributed by atoms with E-state index in [0.29, 0.717) is 0 Å². The quantitative estimate of drug-likeness (QED) is 0.284. The number of nitrogens with zero attached hydrogens (tertiary/aromatic N) is 3. The van der Waals surface area contributed by atoms with Crippen molar-refractivity contribution in [3.05, 3.63) is 106 Å². The number of halogens is 1. The van der Waals surface area contributed by atoms with Gasteiger partial charge in [0.05, 0.1) is 29.4 Å². The highest BCUT2D eigenvalue weighted by atomic mass is 127. The van der Waals surface area contributed by atoms with Gasteiger partial charge in [0.2, 0.25) is 11.8 Å². The third-order valence-electron chi connectivity index (χ3n) is 6.41. The standard InChI is InChI=1S/C27H24IN3O3/c1-29-26(33)22-16-17-23(25(32)18-12-14-19(28)15-13-18)31(24(22)27(29)34)30(20-8-4-2-5-9-20)21-10-6-3-7-11-21/h2-17,22-25,32H,1H3. The summed E-state index contributed by atoms with van der Waals surface area (Å²) in [6.45, 7) is 0. The van der Waals surface area contributed by atoms with E-state index in [-0.39, 0.29) is 11.8 Å². The number of anilines is 2. The minimum Gasteiger partial charge on any atom is -0.386 e. The van der Waals surface area contributed by atoms with Crippen molar-refractivity contribution >= 4 is 45.8 Å². The lowest BCUT2D eigenvalue weighted by atomic mass is 9.90. The summed E-state index contributed by atoms with van der Waals surface area (Å²) in [7, 11) is 1.52. The van der Waals surface area contributed by atoms with Crippen molar-refractivity contribution in [1.29, 1.82) is 0 Å². The zero-order chi connectivity index (χ0) is 23.8. The number of likely N-dealkylation sites (N-methyl/N-ethyl adjacent to an activating group) is 1. The molecule has 2 aliphatic rings. The summed E-state index contributed by atoms with van der Waals surface area (Å²) in [6.07, 6.45) is 2.71. The number of imide groups is 1. The second-order valence-corrected chi connectivity index (χ2v) is 9.69. The molecule has 4 unspecified atom stereocenters. The van der Waals surface area contributed by atoms with Crippen LogP contribution >= 0.6 is 22.6 Å². The molecule has 0 spiro atoms. The van der Waals surface area contributed by atoms with Crippen LogP contribution in [0.15, 0.2) is 97.1 Å². The van der Waals surface area contributed by atoms with Gasteiger partial charge in [-0.2, -0.15) is 5.01 Å². The fraction of sp³-hybridized carbons (Fsp3) is 0.185. The summed E-state index contributed by atoms with van der Waals surface area (Å²) >= 11 is 2.23. The number of carbonyl (C=O) groups is 2. The van der Waals surface area contributed by atoms with Crippen molar-refractivity contribution in [2.45, 2.75) is 18.2 Å². The maximum atomic E-state index is 13.4. The van der Waals surface area contributed by atoms with Gasteiger partial charge in [0.15, 0.2) is 0 Å². The summed E-state index contributed by atoms with van der Waals surface area (Å²) in [5.74, 6) is -1.14. The molecule has 34 heavy (non-hydrogen) atoms. The largest absolute Gasteiger partial charge is 0.386 e. The van der Waals surface area contributed by atoms with Crippen molar-refractivity contribution in [2.24, 2.45) is 5.92 Å². The first-order chi connectivity index (χ1) is 16.5. The molecule has 1 fully saturated rings. The summed E-state index contributed by atoms with van der Waals surface area (Å²) in [5.41, 5.74) is 2.40. The number of rotatable bonds is 5. The van der Waals surface area contributed by atoms with Crippen molar-refractivity contribution in [3.63, 3.8) is 0 Å². The highest BCUT2D eigenvalue weighted by Gasteiger charge is 2.54. The van der Waals surface area contributed by atoms with E-state index < -0.39 is 24.1 Å². The van der Waals surface area contributed by atoms with Gasteiger partial charge >= 0.3 is 0 Å². The molecule has 0 aromatic heterocycles. The number of para-hydroxylation sites is 2. The molecule has 2 aliphatic heterocycles. The van der Waals surface area contributed by atoms with Crippen LogP contribution in [0.1, 0.15) is 11.7 Å². The highest BCUT2D eigenvalue weighted by molar-refractivity contribution is 14.1. The highest BCUT2D eigenvalue weighted by Crippen LogP contribution is 2.41. The molecule has 0 saturated carbocycles. The van der Waals surface area contributed by atoms with E-state index in [0.717, 1.165) is 20.5 Å². The van der Waals surface area contributed by atoms with Crippen LogP contribution in [0.4, 0.5) is 11.4 Å². The number of likely N-dealkylation sites (tertiary alicyclic amines) is 1. The zero-order valence-corrected chi connectivity index (χ0v) is 20.7. The Morgan fingerprint density at radius 3 is 1.94 bits per heavy atom. The predicted octanol–water partition coefficient (Wildman–Crippen LogP) is 4.30. The van der Waals surface area contributed by atoms with Crippen LogP contribution in [0.2, 0.25) is 0 Å². The average Bonchev–Trinajstić information content (AvgIpc) is 3.09. The third-order valence-corrected chi connectivity index (χ3v) is 7.13. The Bertz CT molecular complexity index is 1180. The maximum absolute atomic E-state index is 13.4. The molecule has 2 amide bonds. The normalized spacial score (nSPS) is 23.1. The van der Waals surface area contributed by atoms with E-state index in [9.17, 15) is 14.7 Å². The van der Waals surface area contributed by atoms with Crippen molar-refractivity contribution in [1.82, 2.24) is 9.91 Å². The van der Waals surface area contributed by atoms with Gasteiger partial charge < -0.3 is 5.11 Å². The number of carbonyl (C=O) groups excluding carboxylic acids is 2. The van der Waals surface area contributed by atoms with E-state index in [1.807, 2.05) is 101 Å². The number of hydrogen-bond acceptors (Lipinski definition) is 5. The van der Waals surface area contributed by atoms with Gasteiger partial charge in [-0.3, -0.25) is 19.5 Å². The van der Waals surface area contributed by atoms with E-state index in [2.05, 4.69) is 22.6 Å². The summed E-state index contributed by atoms with van der Waals surface area (Å²) < 4.78 is 1.07. The van der Waals surface area contributed by atoms with Gasteiger partial charge in [-0.1, -0.05) is 60.7 Å². The number of aliphatic hydroxyl groups excluding tert-OH is 1. The molecule has 1 N–H and O–H groups in total. The first-order valence-electron chi connectivity index (χ1n) is 11.1. The van der Waals surface area contributed by atoms with Crippen LogP contribution in [0.25, 0.3) is 0 Å². The number of hydrogen-bond donors (Lipinski definition) is 1. The van der Waals surface area contributed by atoms with Crippen LogP contribution in [0.5, 0.6) is 0 Å². The molecule has 0 aliphatic carbocycles. The van der Waals surface area contributed by atoms with Crippen molar-refractivity contribution in [2.75, 3.05) is 12.1 Å². The molecular weight excluding hydrogens is 541 g/mol. The lowest BCUT2D eigenvalue weighted by molar-refractivity contribution is -0.138. The van der Waals surface area contributed by atoms with Gasteiger partial charge in [-0.25, -0.2) is 0 Å². The molecule has 1 saturated heterocycles. The molecule has 2 heterocycles. The fourth-order valence-electron chi connectivity index (χ4n) is 4.71. The summed E-state index contributed by atoms with van der Waals surface area (Å²) in [5, 5.41) is 15.4. The van der Waals surface area contributed by atoms with Crippen LogP contribution in [0, 0.1) is 9.49 Å². The second-order valence-electron chi connectivity index (χ2n) is 8.44. The molecule has 7 heteroatoms. The van der Waals surface area contributed by atoms with Crippen LogP contribution in [0.3, 0.4) is 0 Å². The molecule has 6 nitrogen and oxygen atoms in total. The molecule has 4 atom stereocenters. The summed E-state index contributed by atoms with van der Waals surface area (Å²) in [4.78, 5) is 27.5. The summed E-state index contributed by atoms with van der Waals surface area (Å²) in [6, 6.07) is 25.8. The SMILES string of the molecule is CN1C(=O)C2C=CC(C(O)c3ccc(I)cc3)N(N(c3ccccc3)c3ccccc3)C2C1=O. The Balaban J connectivity index is 1.69.